The van der Waals surface area contributed by atoms with Gasteiger partial charge in [-0.2, -0.15) is 0 Å². The number of ether oxygens (including phenoxy) is 1. The summed E-state index contributed by atoms with van der Waals surface area (Å²) in [5.74, 6) is 2.09. The number of aryl methyl sites for hydroxylation is 1. The highest BCUT2D eigenvalue weighted by atomic mass is 32.1. The third-order valence-electron chi connectivity index (χ3n) is 6.53. The lowest BCUT2D eigenvalue weighted by molar-refractivity contribution is 0.442. The minimum absolute atomic E-state index is 0.0718. The van der Waals surface area contributed by atoms with Crippen LogP contribution in [0.25, 0.3) is 10.4 Å². The van der Waals surface area contributed by atoms with Gasteiger partial charge in [-0.15, -0.1) is 5.10 Å². The van der Waals surface area contributed by atoms with Gasteiger partial charge in [-0.3, -0.25) is 0 Å². The van der Waals surface area contributed by atoms with Crippen LogP contribution in [0.5, 0.6) is 11.6 Å². The van der Waals surface area contributed by atoms with Gasteiger partial charge >= 0.3 is 0 Å². The first kappa shape index (κ1) is 26.5. The van der Waals surface area contributed by atoms with Crippen molar-refractivity contribution in [2.24, 2.45) is 7.05 Å². The number of rotatable bonds is 8. The molecule has 0 saturated carbocycles. The molecule has 39 heavy (non-hydrogen) atoms. The molecular weight excluding hydrogens is 506 g/mol. The van der Waals surface area contributed by atoms with Gasteiger partial charge in [0.15, 0.2) is 11.0 Å². The third-order valence-corrected chi connectivity index (χ3v) is 7.55. The molecule has 2 aromatic carbocycles. The lowest BCUT2D eigenvalue weighted by Crippen LogP contribution is -2.24. The van der Waals surface area contributed by atoms with E-state index >= 15 is 0 Å². The molecule has 200 valence electrons. The van der Waals surface area contributed by atoms with Crippen molar-refractivity contribution in [1.29, 1.82) is 0 Å². The van der Waals surface area contributed by atoms with E-state index in [0.29, 0.717) is 12.3 Å². The van der Waals surface area contributed by atoms with Crippen molar-refractivity contribution in [1.82, 2.24) is 30.2 Å². The Kier molecular flexibility index (Phi) is 7.18. The Morgan fingerprint density at radius 2 is 1.67 bits per heavy atom. The van der Waals surface area contributed by atoms with Gasteiger partial charge in [-0.05, 0) is 39.6 Å². The molecule has 0 unspecified atom stereocenters. The van der Waals surface area contributed by atoms with E-state index in [1.54, 1.807) is 22.2 Å². The Bertz CT molecular complexity index is 1570. The number of hydrogen-bond donors (Lipinski definition) is 1. The maximum atomic E-state index is 6.39. The SMILES string of the molecule is Cn1nnnc1CC(C)(C)c1nc(Nc2cccnc2Oc2ccccc2C(C)(C)C)sc1-c1ccccc1. The van der Waals surface area contributed by atoms with Crippen LogP contribution in [0.3, 0.4) is 0 Å². The number of thiazole rings is 1. The molecule has 0 aliphatic rings. The second-order valence-electron chi connectivity index (χ2n) is 11.2. The summed E-state index contributed by atoms with van der Waals surface area (Å²) in [5, 5.41) is 16.3. The molecule has 3 aromatic heterocycles. The van der Waals surface area contributed by atoms with E-state index in [1.165, 1.54) is 0 Å². The first-order valence-corrected chi connectivity index (χ1v) is 13.7. The van der Waals surface area contributed by atoms with Crippen LogP contribution in [-0.4, -0.2) is 30.2 Å². The average Bonchev–Trinajstić information content (AvgIpc) is 3.52. The van der Waals surface area contributed by atoms with Crippen LogP contribution >= 0.6 is 11.3 Å². The highest BCUT2D eigenvalue weighted by Crippen LogP contribution is 2.42. The normalized spacial score (nSPS) is 11.9. The van der Waals surface area contributed by atoms with Crippen LogP contribution in [0.4, 0.5) is 10.8 Å². The average molecular weight is 540 g/mol. The summed E-state index contributed by atoms with van der Waals surface area (Å²) in [6.07, 6.45) is 2.38. The summed E-state index contributed by atoms with van der Waals surface area (Å²) in [7, 11) is 1.86. The van der Waals surface area contributed by atoms with E-state index in [1.807, 2.05) is 55.6 Å². The highest BCUT2D eigenvalue weighted by molar-refractivity contribution is 7.19. The first-order chi connectivity index (χ1) is 18.6. The van der Waals surface area contributed by atoms with Crippen LogP contribution < -0.4 is 10.1 Å². The number of nitrogens with zero attached hydrogens (tertiary/aromatic N) is 6. The minimum Gasteiger partial charge on any atom is -0.437 e. The molecule has 1 N–H and O–H groups in total. The summed E-state index contributed by atoms with van der Waals surface area (Å²) in [4.78, 5) is 10.8. The van der Waals surface area contributed by atoms with Gasteiger partial charge in [-0.1, -0.05) is 94.5 Å². The predicted molar refractivity (Wildman–Crippen MR) is 156 cm³/mol. The van der Waals surface area contributed by atoms with Gasteiger partial charge in [0.25, 0.3) is 0 Å². The molecule has 0 fully saturated rings. The van der Waals surface area contributed by atoms with E-state index < -0.39 is 0 Å². The third kappa shape index (κ3) is 5.83. The van der Waals surface area contributed by atoms with E-state index in [-0.39, 0.29) is 10.8 Å². The number of benzene rings is 2. The molecule has 5 rings (SSSR count). The summed E-state index contributed by atoms with van der Waals surface area (Å²) >= 11 is 1.61. The number of tetrazole rings is 1. The van der Waals surface area contributed by atoms with Crippen molar-refractivity contribution in [3.63, 3.8) is 0 Å². The first-order valence-electron chi connectivity index (χ1n) is 12.9. The van der Waals surface area contributed by atoms with Gasteiger partial charge in [-0.25, -0.2) is 14.6 Å². The second-order valence-corrected chi connectivity index (χ2v) is 12.2. The molecule has 0 amide bonds. The van der Waals surface area contributed by atoms with Gasteiger partial charge in [0, 0.05) is 30.6 Å². The van der Waals surface area contributed by atoms with Crippen molar-refractivity contribution in [2.75, 3.05) is 5.32 Å². The fourth-order valence-corrected chi connectivity index (χ4v) is 5.62. The summed E-state index contributed by atoms with van der Waals surface area (Å²) in [6, 6.07) is 22.3. The van der Waals surface area contributed by atoms with Crippen molar-refractivity contribution >= 4 is 22.2 Å². The summed E-state index contributed by atoms with van der Waals surface area (Å²) < 4.78 is 8.10. The van der Waals surface area contributed by atoms with Crippen molar-refractivity contribution < 1.29 is 4.74 Å². The Morgan fingerprint density at radius 3 is 2.38 bits per heavy atom. The van der Waals surface area contributed by atoms with E-state index in [0.717, 1.165) is 44.1 Å². The molecule has 5 aromatic rings. The zero-order valence-electron chi connectivity index (χ0n) is 23.1. The van der Waals surface area contributed by atoms with E-state index in [9.17, 15) is 0 Å². The Labute approximate surface area is 233 Å². The standard InChI is InChI=1S/C30H33N7OS/c1-29(2,3)21-15-10-11-17-23(21)38-27-22(16-12-18-31-27)32-28-33-26(25(39-28)20-13-8-7-9-14-20)30(4,5)19-24-34-35-36-37(24)6/h7-18H,19H2,1-6H3,(H,32,33). The highest BCUT2D eigenvalue weighted by Gasteiger charge is 2.31. The molecule has 0 radical (unpaired) electrons. The Balaban J connectivity index is 1.51. The molecule has 3 heterocycles. The quantitative estimate of drug-likeness (QED) is 0.225. The van der Waals surface area contributed by atoms with Crippen LogP contribution in [-0.2, 0) is 24.3 Å². The Hall–Kier alpha value is -4.11. The molecule has 0 saturated heterocycles. The molecule has 0 atom stereocenters. The maximum absolute atomic E-state index is 6.39. The van der Waals surface area contributed by atoms with Crippen molar-refractivity contribution in [3.05, 3.63) is 90.0 Å². The molecule has 8 nitrogen and oxygen atoms in total. The number of anilines is 2. The zero-order valence-corrected chi connectivity index (χ0v) is 24.0. The maximum Gasteiger partial charge on any atom is 0.243 e. The van der Waals surface area contributed by atoms with Crippen LogP contribution in [0, 0.1) is 0 Å². The number of nitrogens with one attached hydrogen (secondary N) is 1. The number of pyridine rings is 1. The fraction of sp³-hybridized carbons (Fsp3) is 0.300. The predicted octanol–water partition coefficient (Wildman–Crippen LogP) is 7.08. The molecule has 0 spiro atoms. The van der Waals surface area contributed by atoms with Gasteiger partial charge in [0.2, 0.25) is 5.88 Å². The molecular formula is C30H33N7OS. The molecule has 9 heteroatoms. The van der Waals surface area contributed by atoms with Crippen LogP contribution in [0.2, 0.25) is 0 Å². The summed E-state index contributed by atoms with van der Waals surface area (Å²) in [6.45, 7) is 10.9. The molecule has 0 aliphatic heterocycles. The van der Waals surface area contributed by atoms with E-state index in [4.69, 9.17) is 9.72 Å². The van der Waals surface area contributed by atoms with Crippen molar-refractivity contribution in [3.8, 4) is 22.1 Å². The van der Waals surface area contributed by atoms with E-state index in [2.05, 4.69) is 78.6 Å². The molecule has 0 bridgehead atoms. The van der Waals surface area contributed by atoms with Crippen LogP contribution in [0.15, 0.2) is 72.9 Å². The second kappa shape index (κ2) is 10.6. The summed E-state index contributed by atoms with van der Waals surface area (Å²) in [5.41, 5.74) is 3.56. The van der Waals surface area contributed by atoms with Gasteiger partial charge < -0.3 is 10.1 Å². The lowest BCUT2D eigenvalue weighted by Gasteiger charge is -2.23. The van der Waals surface area contributed by atoms with Crippen molar-refractivity contribution in [2.45, 2.75) is 51.9 Å². The fourth-order valence-electron chi connectivity index (χ4n) is 4.46. The smallest absolute Gasteiger partial charge is 0.243 e. The van der Waals surface area contributed by atoms with Gasteiger partial charge in [0.05, 0.1) is 10.6 Å². The topological polar surface area (TPSA) is 90.6 Å². The lowest BCUT2D eigenvalue weighted by atomic mass is 9.83. The number of aromatic nitrogens is 6. The number of para-hydroxylation sites is 1. The Morgan fingerprint density at radius 1 is 0.923 bits per heavy atom. The van der Waals surface area contributed by atoms with Gasteiger partial charge in [0.1, 0.15) is 11.4 Å². The number of hydrogen-bond acceptors (Lipinski definition) is 8. The van der Waals surface area contributed by atoms with Crippen LogP contribution in [0.1, 0.15) is 51.7 Å². The minimum atomic E-state index is -0.329. The zero-order chi connectivity index (χ0) is 27.6. The molecule has 0 aliphatic carbocycles. The monoisotopic (exact) mass is 539 g/mol. The largest absolute Gasteiger partial charge is 0.437 e.